The highest BCUT2D eigenvalue weighted by atomic mass is 79.9. The maximum atomic E-state index is 4.64. The van der Waals surface area contributed by atoms with Crippen LogP contribution in [-0.4, -0.2) is 27.3 Å². The van der Waals surface area contributed by atoms with Gasteiger partial charge in [0.1, 0.15) is 0 Å². The Morgan fingerprint density at radius 1 is 1.42 bits per heavy atom. The fourth-order valence-electron chi connectivity index (χ4n) is 2.51. The van der Waals surface area contributed by atoms with Gasteiger partial charge in [-0.15, -0.1) is 0 Å². The fourth-order valence-corrected chi connectivity index (χ4v) is 4.48. The van der Waals surface area contributed by atoms with Crippen molar-refractivity contribution in [2.45, 2.75) is 57.9 Å². The first-order chi connectivity index (χ1) is 9.26. The Hall–Kier alpha value is -0.000000000000000111. The molecule has 1 unspecified atom stereocenters. The van der Waals surface area contributed by atoms with Crippen LogP contribution in [0.1, 0.15) is 44.5 Å². The Balaban J connectivity index is 1.89. The standard InChI is InChI=1S/C14H24BrN3S/c1-3-12-14(15)13(18(4-2)17-12)10-16-9-11-7-5-6-8-19-11/h11,16H,3-10H2,1-2H3. The molecule has 2 heterocycles. The molecule has 1 N–H and O–H groups in total. The first-order valence-electron chi connectivity index (χ1n) is 7.32. The summed E-state index contributed by atoms with van der Waals surface area (Å²) in [5.41, 5.74) is 2.46. The van der Waals surface area contributed by atoms with Crippen LogP contribution < -0.4 is 5.32 Å². The molecule has 0 amide bonds. The van der Waals surface area contributed by atoms with Crippen molar-refractivity contribution in [2.75, 3.05) is 12.3 Å². The van der Waals surface area contributed by atoms with E-state index in [-0.39, 0.29) is 0 Å². The lowest BCUT2D eigenvalue weighted by atomic mass is 10.2. The largest absolute Gasteiger partial charge is 0.310 e. The van der Waals surface area contributed by atoms with E-state index in [0.29, 0.717) is 0 Å². The molecule has 0 bridgehead atoms. The van der Waals surface area contributed by atoms with Crippen molar-refractivity contribution in [3.05, 3.63) is 15.9 Å². The molecule has 2 rings (SSSR count). The molecule has 1 fully saturated rings. The number of nitrogens with zero attached hydrogens (tertiary/aromatic N) is 2. The Kier molecular flexibility index (Phi) is 6.23. The third kappa shape index (κ3) is 3.99. The molecule has 1 aromatic heterocycles. The Bertz CT molecular complexity index is 400. The summed E-state index contributed by atoms with van der Waals surface area (Å²) in [6, 6.07) is 0. The summed E-state index contributed by atoms with van der Waals surface area (Å²) in [6.07, 6.45) is 5.15. The van der Waals surface area contributed by atoms with Crippen LogP contribution in [0.15, 0.2) is 4.47 Å². The number of aryl methyl sites for hydroxylation is 2. The number of hydrogen-bond donors (Lipinski definition) is 1. The van der Waals surface area contributed by atoms with E-state index < -0.39 is 0 Å². The predicted molar refractivity (Wildman–Crippen MR) is 86.8 cm³/mol. The number of rotatable bonds is 6. The van der Waals surface area contributed by atoms with Gasteiger partial charge in [-0.05, 0) is 47.9 Å². The molecule has 0 saturated carbocycles. The van der Waals surface area contributed by atoms with Crippen molar-refractivity contribution in [1.82, 2.24) is 15.1 Å². The van der Waals surface area contributed by atoms with Crippen LogP contribution in [0.4, 0.5) is 0 Å². The number of aromatic nitrogens is 2. The molecule has 108 valence electrons. The van der Waals surface area contributed by atoms with Crippen molar-refractivity contribution >= 4 is 27.7 Å². The zero-order chi connectivity index (χ0) is 13.7. The molecule has 1 aromatic rings. The maximum Gasteiger partial charge on any atom is 0.0767 e. The van der Waals surface area contributed by atoms with Gasteiger partial charge in [-0.3, -0.25) is 4.68 Å². The SMILES string of the molecule is CCc1nn(CC)c(CNCC2CCCCS2)c1Br. The highest BCUT2D eigenvalue weighted by Crippen LogP contribution is 2.25. The molecule has 0 aromatic carbocycles. The fraction of sp³-hybridized carbons (Fsp3) is 0.786. The number of thioether (sulfide) groups is 1. The maximum absolute atomic E-state index is 4.64. The minimum absolute atomic E-state index is 0.802. The smallest absolute Gasteiger partial charge is 0.0767 e. The minimum atomic E-state index is 0.802. The second-order valence-electron chi connectivity index (χ2n) is 5.00. The molecule has 1 atom stereocenters. The van der Waals surface area contributed by atoms with Gasteiger partial charge in [-0.25, -0.2) is 0 Å². The first-order valence-corrected chi connectivity index (χ1v) is 9.16. The van der Waals surface area contributed by atoms with Crippen LogP contribution in [-0.2, 0) is 19.5 Å². The van der Waals surface area contributed by atoms with Crippen molar-refractivity contribution in [2.24, 2.45) is 0 Å². The van der Waals surface area contributed by atoms with Gasteiger partial charge in [-0.2, -0.15) is 16.9 Å². The summed E-state index contributed by atoms with van der Waals surface area (Å²) in [5.74, 6) is 1.34. The van der Waals surface area contributed by atoms with Crippen LogP contribution in [0.3, 0.4) is 0 Å². The van der Waals surface area contributed by atoms with E-state index in [1.54, 1.807) is 0 Å². The molecular formula is C14H24BrN3S. The van der Waals surface area contributed by atoms with E-state index in [2.05, 4.69) is 56.6 Å². The summed E-state index contributed by atoms with van der Waals surface area (Å²) in [4.78, 5) is 0. The normalized spacial score (nSPS) is 19.8. The molecule has 1 aliphatic rings. The lowest BCUT2D eigenvalue weighted by Gasteiger charge is -2.21. The first kappa shape index (κ1) is 15.4. The number of nitrogens with one attached hydrogen (secondary N) is 1. The van der Waals surface area contributed by atoms with Crippen molar-refractivity contribution in [1.29, 1.82) is 0 Å². The van der Waals surface area contributed by atoms with Gasteiger partial charge in [0, 0.05) is 24.9 Å². The second-order valence-corrected chi connectivity index (χ2v) is 7.20. The predicted octanol–water partition coefficient (Wildman–Crippen LogP) is 3.60. The van der Waals surface area contributed by atoms with Crippen LogP contribution >= 0.6 is 27.7 Å². The van der Waals surface area contributed by atoms with Crippen molar-refractivity contribution < 1.29 is 0 Å². The molecule has 0 spiro atoms. The molecule has 3 nitrogen and oxygen atoms in total. The van der Waals surface area contributed by atoms with E-state index in [0.717, 1.165) is 31.3 Å². The molecule has 0 aliphatic carbocycles. The van der Waals surface area contributed by atoms with E-state index in [1.165, 1.54) is 40.9 Å². The number of hydrogen-bond acceptors (Lipinski definition) is 3. The molecule has 19 heavy (non-hydrogen) atoms. The zero-order valence-electron chi connectivity index (χ0n) is 11.9. The van der Waals surface area contributed by atoms with Crippen LogP contribution in [0, 0.1) is 0 Å². The average Bonchev–Trinajstić information content (AvgIpc) is 2.76. The van der Waals surface area contributed by atoms with Gasteiger partial charge in [0.05, 0.1) is 15.9 Å². The van der Waals surface area contributed by atoms with Crippen LogP contribution in [0.5, 0.6) is 0 Å². The highest BCUT2D eigenvalue weighted by molar-refractivity contribution is 9.10. The zero-order valence-corrected chi connectivity index (χ0v) is 14.3. The molecule has 0 radical (unpaired) electrons. The average molecular weight is 346 g/mol. The summed E-state index contributed by atoms with van der Waals surface area (Å²) < 4.78 is 3.31. The van der Waals surface area contributed by atoms with Gasteiger partial charge in [0.15, 0.2) is 0 Å². The topological polar surface area (TPSA) is 29.9 Å². The van der Waals surface area contributed by atoms with Gasteiger partial charge in [0.2, 0.25) is 0 Å². The third-order valence-electron chi connectivity index (χ3n) is 3.63. The van der Waals surface area contributed by atoms with E-state index in [4.69, 9.17) is 0 Å². The Morgan fingerprint density at radius 3 is 2.89 bits per heavy atom. The second kappa shape index (κ2) is 7.70. The Morgan fingerprint density at radius 2 is 2.26 bits per heavy atom. The van der Waals surface area contributed by atoms with Crippen LogP contribution in [0.2, 0.25) is 0 Å². The lowest BCUT2D eigenvalue weighted by molar-refractivity contribution is 0.556. The summed E-state index contributed by atoms with van der Waals surface area (Å²) in [6.45, 7) is 7.28. The van der Waals surface area contributed by atoms with E-state index in [1.807, 2.05) is 0 Å². The van der Waals surface area contributed by atoms with Crippen molar-refractivity contribution in [3.63, 3.8) is 0 Å². The van der Waals surface area contributed by atoms with Crippen LogP contribution in [0.25, 0.3) is 0 Å². The van der Waals surface area contributed by atoms with E-state index >= 15 is 0 Å². The molecule has 1 saturated heterocycles. The summed E-state index contributed by atoms with van der Waals surface area (Å²) >= 11 is 5.83. The summed E-state index contributed by atoms with van der Waals surface area (Å²) in [7, 11) is 0. The minimum Gasteiger partial charge on any atom is -0.310 e. The monoisotopic (exact) mass is 345 g/mol. The molecule has 5 heteroatoms. The highest BCUT2D eigenvalue weighted by Gasteiger charge is 2.16. The summed E-state index contributed by atoms with van der Waals surface area (Å²) in [5, 5.41) is 9.05. The van der Waals surface area contributed by atoms with Gasteiger partial charge >= 0.3 is 0 Å². The quantitative estimate of drug-likeness (QED) is 0.854. The lowest BCUT2D eigenvalue weighted by Crippen LogP contribution is -2.27. The van der Waals surface area contributed by atoms with Gasteiger partial charge < -0.3 is 5.32 Å². The Labute approximate surface area is 129 Å². The van der Waals surface area contributed by atoms with Crippen molar-refractivity contribution in [3.8, 4) is 0 Å². The van der Waals surface area contributed by atoms with Gasteiger partial charge in [0.25, 0.3) is 0 Å². The number of halogens is 1. The molecule has 1 aliphatic heterocycles. The molecular weight excluding hydrogens is 322 g/mol. The van der Waals surface area contributed by atoms with Gasteiger partial charge in [-0.1, -0.05) is 13.3 Å². The van der Waals surface area contributed by atoms with E-state index in [9.17, 15) is 0 Å². The third-order valence-corrected chi connectivity index (χ3v) is 5.95.